The van der Waals surface area contributed by atoms with Crippen LogP contribution in [0.1, 0.15) is 18.1 Å². The third-order valence-corrected chi connectivity index (χ3v) is 3.56. The van der Waals surface area contributed by atoms with E-state index in [9.17, 15) is 4.79 Å². The van der Waals surface area contributed by atoms with Gasteiger partial charge in [-0.1, -0.05) is 53.2 Å². The lowest BCUT2D eigenvalue weighted by Crippen LogP contribution is -2.25. The fourth-order valence-corrected chi connectivity index (χ4v) is 2.24. The Labute approximate surface area is 138 Å². The second kappa shape index (κ2) is 8.34. The SMILES string of the molecule is CCc1ccc(/C=N/NC(=O)CNc2cccc(Br)c2)cc1. The highest BCUT2D eigenvalue weighted by Crippen LogP contribution is 2.15. The van der Waals surface area contributed by atoms with Gasteiger partial charge in [0.25, 0.3) is 5.91 Å². The van der Waals surface area contributed by atoms with E-state index in [0.717, 1.165) is 22.1 Å². The van der Waals surface area contributed by atoms with Gasteiger partial charge in [0.15, 0.2) is 0 Å². The van der Waals surface area contributed by atoms with Gasteiger partial charge in [-0.15, -0.1) is 0 Å². The number of hydrazone groups is 1. The standard InChI is InChI=1S/C17H18BrN3O/c1-2-13-6-8-14(9-7-13)11-20-21-17(22)12-19-16-5-3-4-15(18)10-16/h3-11,19H,2,12H2,1H3,(H,21,22)/b20-11+. The Hall–Kier alpha value is -2.14. The van der Waals surface area contributed by atoms with Crippen molar-refractivity contribution in [3.05, 3.63) is 64.1 Å². The number of anilines is 1. The Kier molecular flexibility index (Phi) is 6.15. The molecule has 1 amide bonds. The summed E-state index contributed by atoms with van der Waals surface area (Å²) < 4.78 is 0.964. The highest BCUT2D eigenvalue weighted by Gasteiger charge is 1.99. The number of nitrogens with zero attached hydrogens (tertiary/aromatic N) is 1. The van der Waals surface area contributed by atoms with Crippen LogP contribution in [-0.4, -0.2) is 18.7 Å². The maximum Gasteiger partial charge on any atom is 0.259 e. The molecule has 0 spiro atoms. The first kappa shape index (κ1) is 16.2. The predicted molar refractivity (Wildman–Crippen MR) is 94.2 cm³/mol. The van der Waals surface area contributed by atoms with Crippen LogP contribution in [0.5, 0.6) is 0 Å². The maximum atomic E-state index is 11.7. The van der Waals surface area contributed by atoms with Crippen LogP contribution in [0.15, 0.2) is 58.1 Å². The van der Waals surface area contributed by atoms with Gasteiger partial charge in [0, 0.05) is 10.2 Å². The van der Waals surface area contributed by atoms with Crippen LogP contribution < -0.4 is 10.7 Å². The Bertz CT molecular complexity index is 653. The molecular formula is C17H18BrN3O. The van der Waals surface area contributed by atoms with Gasteiger partial charge in [-0.3, -0.25) is 4.79 Å². The molecule has 2 aromatic carbocycles. The van der Waals surface area contributed by atoms with Crippen molar-refractivity contribution in [1.29, 1.82) is 0 Å². The smallest absolute Gasteiger partial charge is 0.259 e. The summed E-state index contributed by atoms with van der Waals surface area (Å²) in [5, 5.41) is 6.99. The molecule has 0 fully saturated rings. The lowest BCUT2D eigenvalue weighted by molar-refractivity contribution is -0.119. The molecular weight excluding hydrogens is 342 g/mol. The number of carbonyl (C=O) groups is 1. The first-order valence-electron chi connectivity index (χ1n) is 7.07. The summed E-state index contributed by atoms with van der Waals surface area (Å²) in [4.78, 5) is 11.7. The van der Waals surface area contributed by atoms with Gasteiger partial charge < -0.3 is 5.32 Å². The molecule has 0 atom stereocenters. The van der Waals surface area contributed by atoms with E-state index >= 15 is 0 Å². The summed E-state index contributed by atoms with van der Waals surface area (Å²) in [5.74, 6) is -0.193. The largest absolute Gasteiger partial charge is 0.376 e. The Morgan fingerprint density at radius 2 is 2.00 bits per heavy atom. The summed E-state index contributed by atoms with van der Waals surface area (Å²) in [6.07, 6.45) is 2.64. The molecule has 2 aromatic rings. The molecule has 114 valence electrons. The zero-order chi connectivity index (χ0) is 15.8. The third-order valence-electron chi connectivity index (χ3n) is 3.07. The molecule has 0 aliphatic carbocycles. The van der Waals surface area contributed by atoms with Crippen LogP contribution in [0, 0.1) is 0 Å². The number of halogens is 1. The maximum absolute atomic E-state index is 11.7. The summed E-state index contributed by atoms with van der Waals surface area (Å²) in [6, 6.07) is 15.7. The molecule has 0 aromatic heterocycles. The molecule has 0 saturated carbocycles. The van der Waals surface area contributed by atoms with Crippen molar-refractivity contribution in [2.24, 2.45) is 5.10 Å². The fraction of sp³-hybridized carbons (Fsp3) is 0.176. The first-order chi connectivity index (χ1) is 10.7. The number of hydrogen-bond donors (Lipinski definition) is 2. The lowest BCUT2D eigenvalue weighted by atomic mass is 10.1. The van der Waals surface area contributed by atoms with Gasteiger partial charge in [0.1, 0.15) is 0 Å². The Morgan fingerprint density at radius 1 is 1.23 bits per heavy atom. The van der Waals surface area contributed by atoms with Gasteiger partial charge in [0.05, 0.1) is 12.8 Å². The minimum absolute atomic E-state index is 0.169. The molecule has 0 heterocycles. The van der Waals surface area contributed by atoms with Crippen molar-refractivity contribution in [2.45, 2.75) is 13.3 Å². The molecule has 0 unspecified atom stereocenters. The van der Waals surface area contributed by atoms with Crippen LogP contribution in [0.2, 0.25) is 0 Å². The van der Waals surface area contributed by atoms with Crippen molar-refractivity contribution in [1.82, 2.24) is 5.43 Å². The number of carbonyl (C=O) groups excluding carboxylic acids is 1. The van der Waals surface area contributed by atoms with E-state index < -0.39 is 0 Å². The van der Waals surface area contributed by atoms with Crippen LogP contribution in [0.3, 0.4) is 0 Å². The quantitative estimate of drug-likeness (QED) is 0.611. The lowest BCUT2D eigenvalue weighted by Gasteiger charge is -2.05. The molecule has 0 bridgehead atoms. The van der Waals surface area contributed by atoms with E-state index in [0.29, 0.717) is 0 Å². The molecule has 2 N–H and O–H groups in total. The second-order valence-corrected chi connectivity index (χ2v) is 5.67. The Balaban J connectivity index is 1.78. The van der Waals surface area contributed by atoms with Crippen LogP contribution >= 0.6 is 15.9 Å². The summed E-state index contributed by atoms with van der Waals surface area (Å²) in [6.45, 7) is 2.28. The van der Waals surface area contributed by atoms with E-state index in [4.69, 9.17) is 0 Å². The van der Waals surface area contributed by atoms with Gasteiger partial charge in [-0.2, -0.15) is 5.10 Å². The van der Waals surface area contributed by atoms with Crippen molar-refractivity contribution in [2.75, 3.05) is 11.9 Å². The van der Waals surface area contributed by atoms with Gasteiger partial charge in [-0.05, 0) is 35.7 Å². The molecule has 2 rings (SSSR count). The van der Waals surface area contributed by atoms with Crippen molar-refractivity contribution in [3.8, 4) is 0 Å². The average Bonchev–Trinajstić information content (AvgIpc) is 2.54. The fourth-order valence-electron chi connectivity index (χ4n) is 1.84. The van der Waals surface area contributed by atoms with Crippen LogP contribution in [0.4, 0.5) is 5.69 Å². The molecule has 0 aliphatic heterocycles. The molecule has 0 saturated heterocycles. The topological polar surface area (TPSA) is 53.5 Å². The number of rotatable bonds is 6. The predicted octanol–water partition coefficient (Wildman–Crippen LogP) is 3.57. The minimum atomic E-state index is -0.193. The van der Waals surface area contributed by atoms with Crippen molar-refractivity contribution < 1.29 is 4.79 Å². The highest BCUT2D eigenvalue weighted by atomic mass is 79.9. The van der Waals surface area contributed by atoms with E-state index in [1.165, 1.54) is 5.56 Å². The average molecular weight is 360 g/mol. The number of amides is 1. The van der Waals surface area contributed by atoms with E-state index in [2.05, 4.69) is 50.8 Å². The molecule has 5 heteroatoms. The number of hydrogen-bond acceptors (Lipinski definition) is 3. The molecule has 0 aliphatic rings. The normalized spacial score (nSPS) is 10.6. The van der Waals surface area contributed by atoms with Crippen molar-refractivity contribution in [3.63, 3.8) is 0 Å². The summed E-state index contributed by atoms with van der Waals surface area (Å²) in [7, 11) is 0. The second-order valence-electron chi connectivity index (χ2n) is 4.75. The zero-order valence-corrected chi connectivity index (χ0v) is 13.9. The number of benzene rings is 2. The third kappa shape index (κ3) is 5.33. The Morgan fingerprint density at radius 3 is 2.68 bits per heavy atom. The minimum Gasteiger partial charge on any atom is -0.376 e. The van der Waals surface area contributed by atoms with E-state index in [1.807, 2.05) is 36.4 Å². The highest BCUT2D eigenvalue weighted by molar-refractivity contribution is 9.10. The van der Waals surface area contributed by atoms with Crippen LogP contribution in [-0.2, 0) is 11.2 Å². The van der Waals surface area contributed by atoms with Crippen LogP contribution in [0.25, 0.3) is 0 Å². The zero-order valence-electron chi connectivity index (χ0n) is 12.3. The summed E-state index contributed by atoms with van der Waals surface area (Å²) >= 11 is 3.38. The van der Waals surface area contributed by atoms with E-state index in [1.54, 1.807) is 6.21 Å². The monoisotopic (exact) mass is 359 g/mol. The molecule has 0 radical (unpaired) electrons. The van der Waals surface area contributed by atoms with Gasteiger partial charge in [0.2, 0.25) is 0 Å². The molecule has 22 heavy (non-hydrogen) atoms. The number of nitrogens with one attached hydrogen (secondary N) is 2. The van der Waals surface area contributed by atoms with Gasteiger partial charge >= 0.3 is 0 Å². The number of aryl methyl sites for hydroxylation is 1. The van der Waals surface area contributed by atoms with E-state index in [-0.39, 0.29) is 12.5 Å². The molecule has 4 nitrogen and oxygen atoms in total. The summed E-state index contributed by atoms with van der Waals surface area (Å²) in [5.41, 5.74) is 5.61. The first-order valence-corrected chi connectivity index (χ1v) is 7.87. The van der Waals surface area contributed by atoms with Crippen molar-refractivity contribution >= 4 is 33.7 Å². The van der Waals surface area contributed by atoms with Gasteiger partial charge in [-0.25, -0.2) is 5.43 Å².